The Balaban J connectivity index is 2.90. The van der Waals surface area contributed by atoms with Crippen LogP contribution in [0.5, 0.6) is 0 Å². The van der Waals surface area contributed by atoms with Crippen LogP contribution in [0.25, 0.3) is 0 Å². The Bertz CT molecular complexity index is 167. The van der Waals surface area contributed by atoms with Gasteiger partial charge in [0.25, 0.3) is 0 Å². The third kappa shape index (κ3) is 1.35. The topological polar surface area (TPSA) is 15.8 Å². The van der Waals surface area contributed by atoms with Crippen LogP contribution < -0.4 is 0 Å². The lowest BCUT2D eigenvalue weighted by Crippen LogP contribution is -2.08. The van der Waals surface area contributed by atoms with Gasteiger partial charge in [-0.25, -0.2) is 0 Å². The maximum absolute atomic E-state index is 2.91. The number of aromatic nitrogens is 1. The SMILES string of the molecule is CC(C)(C)c1c[c][nH]c1. The second kappa shape index (κ2) is 1.90. The second-order valence-corrected chi connectivity index (χ2v) is 3.28. The van der Waals surface area contributed by atoms with Crippen molar-refractivity contribution in [3.05, 3.63) is 24.0 Å². The third-order valence-corrected chi connectivity index (χ3v) is 1.40. The number of aromatic amines is 1. The van der Waals surface area contributed by atoms with E-state index in [2.05, 4.69) is 32.0 Å². The maximum atomic E-state index is 2.91. The molecule has 0 aliphatic rings. The summed E-state index contributed by atoms with van der Waals surface area (Å²) >= 11 is 0. The largest absolute Gasteiger partial charge is 0.360 e. The number of rotatable bonds is 0. The van der Waals surface area contributed by atoms with Gasteiger partial charge in [-0.1, -0.05) is 20.8 Å². The van der Waals surface area contributed by atoms with Crippen LogP contribution in [0.4, 0.5) is 0 Å². The number of nitrogens with one attached hydrogen (secondary N) is 1. The molecular weight excluding hydrogens is 110 g/mol. The summed E-state index contributed by atoms with van der Waals surface area (Å²) in [5.74, 6) is 0. The average Bonchev–Trinajstić information content (AvgIpc) is 2.08. The van der Waals surface area contributed by atoms with Gasteiger partial charge in [0.15, 0.2) is 0 Å². The smallest absolute Gasteiger partial charge is 0.0622 e. The van der Waals surface area contributed by atoms with Gasteiger partial charge in [-0.2, -0.15) is 0 Å². The molecule has 0 amide bonds. The Morgan fingerprint density at radius 2 is 2.11 bits per heavy atom. The number of hydrogen-bond donors (Lipinski definition) is 1. The predicted octanol–water partition coefficient (Wildman–Crippen LogP) is 2.11. The summed E-state index contributed by atoms with van der Waals surface area (Å²) in [5, 5.41) is 0. The first-order valence-electron chi connectivity index (χ1n) is 3.15. The van der Waals surface area contributed by atoms with E-state index in [1.807, 2.05) is 12.3 Å². The minimum atomic E-state index is 0.260. The lowest BCUT2D eigenvalue weighted by molar-refractivity contribution is 0.591. The molecule has 0 aliphatic carbocycles. The number of H-pyrrole nitrogens is 1. The van der Waals surface area contributed by atoms with Gasteiger partial charge in [-0.05, 0) is 17.0 Å². The summed E-state index contributed by atoms with van der Waals surface area (Å²) in [6.45, 7) is 6.55. The van der Waals surface area contributed by atoms with Gasteiger partial charge in [0.1, 0.15) is 0 Å². The first-order valence-corrected chi connectivity index (χ1v) is 3.15. The van der Waals surface area contributed by atoms with E-state index >= 15 is 0 Å². The molecule has 1 aromatic heterocycles. The molecule has 0 atom stereocenters. The zero-order chi connectivity index (χ0) is 6.91. The van der Waals surface area contributed by atoms with Gasteiger partial charge < -0.3 is 4.98 Å². The fourth-order valence-electron chi connectivity index (χ4n) is 0.714. The van der Waals surface area contributed by atoms with E-state index in [9.17, 15) is 0 Å². The quantitative estimate of drug-likeness (QED) is 0.542. The fraction of sp³-hybridized carbons (Fsp3) is 0.500. The van der Waals surface area contributed by atoms with E-state index in [0.29, 0.717) is 0 Å². The van der Waals surface area contributed by atoms with Crippen molar-refractivity contribution in [1.82, 2.24) is 4.98 Å². The van der Waals surface area contributed by atoms with Crippen LogP contribution in [0.15, 0.2) is 12.3 Å². The summed E-state index contributed by atoms with van der Waals surface area (Å²) in [4.78, 5) is 2.91. The summed E-state index contributed by atoms with van der Waals surface area (Å²) in [6, 6.07) is 1.99. The molecule has 1 radical (unpaired) electrons. The molecule has 0 fully saturated rings. The highest BCUT2D eigenvalue weighted by atomic mass is 14.6. The van der Waals surface area contributed by atoms with Crippen molar-refractivity contribution in [2.75, 3.05) is 0 Å². The van der Waals surface area contributed by atoms with Gasteiger partial charge in [-0.3, -0.25) is 0 Å². The fourth-order valence-corrected chi connectivity index (χ4v) is 0.714. The van der Waals surface area contributed by atoms with Gasteiger partial charge in [-0.15, -0.1) is 0 Å². The highest BCUT2D eigenvalue weighted by Crippen LogP contribution is 2.20. The zero-order valence-electron chi connectivity index (χ0n) is 6.15. The van der Waals surface area contributed by atoms with E-state index in [4.69, 9.17) is 0 Å². The van der Waals surface area contributed by atoms with Crippen LogP contribution in [0.2, 0.25) is 0 Å². The van der Waals surface area contributed by atoms with E-state index in [1.54, 1.807) is 0 Å². The molecule has 0 aliphatic heterocycles. The molecule has 1 nitrogen and oxygen atoms in total. The van der Waals surface area contributed by atoms with E-state index < -0.39 is 0 Å². The molecule has 1 rings (SSSR count). The molecule has 9 heavy (non-hydrogen) atoms. The maximum Gasteiger partial charge on any atom is 0.0622 e. The Hall–Kier alpha value is -0.720. The monoisotopic (exact) mass is 122 g/mol. The van der Waals surface area contributed by atoms with Crippen molar-refractivity contribution in [3.63, 3.8) is 0 Å². The highest BCUT2D eigenvalue weighted by molar-refractivity contribution is 5.17. The van der Waals surface area contributed by atoms with Crippen molar-refractivity contribution in [2.24, 2.45) is 0 Å². The Morgan fingerprint density at radius 3 is 2.33 bits per heavy atom. The van der Waals surface area contributed by atoms with Crippen molar-refractivity contribution < 1.29 is 0 Å². The molecular formula is C8H12N. The molecule has 0 unspecified atom stereocenters. The molecule has 0 spiro atoms. The third-order valence-electron chi connectivity index (χ3n) is 1.40. The Kier molecular flexibility index (Phi) is 1.35. The minimum absolute atomic E-state index is 0.260. The van der Waals surface area contributed by atoms with Gasteiger partial charge in [0.2, 0.25) is 0 Å². The van der Waals surface area contributed by atoms with Gasteiger partial charge in [0, 0.05) is 6.20 Å². The molecule has 0 aromatic carbocycles. The highest BCUT2D eigenvalue weighted by Gasteiger charge is 2.12. The molecule has 49 valence electrons. The lowest BCUT2D eigenvalue weighted by atomic mass is 9.89. The van der Waals surface area contributed by atoms with Crippen LogP contribution in [-0.2, 0) is 5.41 Å². The van der Waals surface area contributed by atoms with Crippen LogP contribution in [-0.4, -0.2) is 4.98 Å². The van der Waals surface area contributed by atoms with E-state index in [-0.39, 0.29) is 5.41 Å². The predicted molar refractivity (Wildman–Crippen MR) is 38.3 cm³/mol. The first kappa shape index (κ1) is 6.40. The van der Waals surface area contributed by atoms with Crippen LogP contribution in [0.3, 0.4) is 0 Å². The average molecular weight is 122 g/mol. The van der Waals surface area contributed by atoms with Crippen LogP contribution >= 0.6 is 0 Å². The number of hydrogen-bond acceptors (Lipinski definition) is 0. The second-order valence-electron chi connectivity index (χ2n) is 3.28. The Morgan fingerprint density at radius 1 is 1.44 bits per heavy atom. The first-order chi connectivity index (χ1) is 4.11. The molecule has 0 saturated carbocycles. The zero-order valence-corrected chi connectivity index (χ0v) is 6.15. The van der Waals surface area contributed by atoms with E-state index in [0.717, 1.165) is 0 Å². The van der Waals surface area contributed by atoms with Crippen LogP contribution in [0, 0.1) is 6.20 Å². The van der Waals surface area contributed by atoms with Gasteiger partial charge in [0.05, 0.1) is 6.20 Å². The molecule has 1 heterocycles. The molecule has 1 heteroatoms. The van der Waals surface area contributed by atoms with Crippen LogP contribution in [0.1, 0.15) is 26.3 Å². The Labute approximate surface area is 56.1 Å². The van der Waals surface area contributed by atoms with Crippen molar-refractivity contribution in [2.45, 2.75) is 26.2 Å². The standard InChI is InChI=1S/C8H12N/c1-8(2,3)7-4-5-9-6-7/h4,6,9H,1-3H3. The van der Waals surface area contributed by atoms with Crippen molar-refractivity contribution in [3.8, 4) is 0 Å². The summed E-state index contributed by atoms with van der Waals surface area (Å²) in [6.07, 6.45) is 4.90. The lowest BCUT2D eigenvalue weighted by Gasteiger charge is -2.15. The summed E-state index contributed by atoms with van der Waals surface area (Å²) < 4.78 is 0. The molecule has 0 saturated heterocycles. The minimum Gasteiger partial charge on any atom is -0.360 e. The van der Waals surface area contributed by atoms with E-state index in [1.165, 1.54) is 5.56 Å². The molecule has 1 N–H and O–H groups in total. The van der Waals surface area contributed by atoms with Crippen molar-refractivity contribution >= 4 is 0 Å². The normalized spacial score (nSPS) is 11.9. The van der Waals surface area contributed by atoms with Gasteiger partial charge >= 0.3 is 0 Å². The van der Waals surface area contributed by atoms with Crippen molar-refractivity contribution in [1.29, 1.82) is 0 Å². The summed E-state index contributed by atoms with van der Waals surface area (Å²) in [7, 11) is 0. The molecule has 1 aromatic rings. The molecule has 0 bridgehead atoms. The summed E-state index contributed by atoms with van der Waals surface area (Å²) in [5.41, 5.74) is 1.57.